The van der Waals surface area contributed by atoms with Gasteiger partial charge in [0.15, 0.2) is 0 Å². The van der Waals surface area contributed by atoms with Crippen molar-refractivity contribution in [1.82, 2.24) is 9.97 Å². The first-order valence-electron chi connectivity index (χ1n) is 11.1. The number of ether oxygens (including phenoxy) is 2. The molecule has 1 unspecified atom stereocenters. The maximum absolute atomic E-state index is 13.2. The zero-order valence-electron chi connectivity index (χ0n) is 19.6. The molecule has 37 heavy (non-hydrogen) atoms. The minimum atomic E-state index is -0.808. The second-order valence-electron chi connectivity index (χ2n) is 7.72. The van der Waals surface area contributed by atoms with E-state index < -0.39 is 11.9 Å². The highest BCUT2D eigenvalue weighted by atomic mass is 35.5. The van der Waals surface area contributed by atoms with Gasteiger partial charge in [-0.2, -0.15) is 10.5 Å². The lowest BCUT2D eigenvalue weighted by Gasteiger charge is -2.28. The quantitative estimate of drug-likeness (QED) is 0.328. The van der Waals surface area contributed by atoms with E-state index in [4.69, 9.17) is 26.8 Å². The molecule has 1 aliphatic rings. The van der Waals surface area contributed by atoms with Crippen LogP contribution in [0.3, 0.4) is 0 Å². The molecule has 0 aliphatic carbocycles. The zero-order chi connectivity index (χ0) is 26.4. The number of halogens is 1. The Kier molecular flexibility index (Phi) is 8.09. The van der Waals surface area contributed by atoms with Crippen molar-refractivity contribution in [3.8, 4) is 23.4 Å². The van der Waals surface area contributed by atoms with Gasteiger partial charge in [0, 0.05) is 23.0 Å². The molecule has 3 heterocycles. The summed E-state index contributed by atoms with van der Waals surface area (Å²) in [6.45, 7) is 1.82. The van der Waals surface area contributed by atoms with Gasteiger partial charge < -0.3 is 15.2 Å². The Morgan fingerprint density at radius 3 is 2.51 bits per heavy atom. The molecular formula is C27H20ClN5O3S. The Morgan fingerprint density at radius 2 is 1.86 bits per heavy atom. The van der Waals surface area contributed by atoms with Gasteiger partial charge in [0.2, 0.25) is 5.88 Å². The molecule has 0 saturated heterocycles. The lowest BCUT2D eigenvalue weighted by Crippen LogP contribution is -2.27. The maximum atomic E-state index is 13.2. The molecule has 3 aromatic rings. The second kappa shape index (κ2) is 11.6. The average molecular weight is 530 g/mol. The molecule has 0 radical (unpaired) electrons. The molecule has 2 aromatic heterocycles. The third-order valence-electron chi connectivity index (χ3n) is 5.49. The molecule has 2 N–H and O–H groups in total. The van der Waals surface area contributed by atoms with E-state index in [0.717, 1.165) is 5.56 Å². The van der Waals surface area contributed by atoms with Crippen LogP contribution in [-0.4, -0.2) is 28.3 Å². The lowest BCUT2D eigenvalue weighted by atomic mass is 9.83. The van der Waals surface area contributed by atoms with Crippen LogP contribution >= 0.6 is 23.4 Å². The van der Waals surface area contributed by atoms with Crippen molar-refractivity contribution in [3.05, 3.63) is 99.9 Å². The molecule has 0 spiro atoms. The number of nitrogens with zero attached hydrogens (tertiary/aromatic N) is 4. The van der Waals surface area contributed by atoms with Gasteiger partial charge in [-0.05, 0) is 48.9 Å². The van der Waals surface area contributed by atoms with Crippen molar-refractivity contribution in [1.29, 1.82) is 10.5 Å². The molecule has 1 atom stereocenters. The summed E-state index contributed by atoms with van der Waals surface area (Å²) < 4.78 is 11.1. The smallest absolute Gasteiger partial charge is 0.338 e. The van der Waals surface area contributed by atoms with E-state index in [1.54, 1.807) is 55.7 Å². The standard InChI is InChI=1S/C27H20ClN5O3S/c1-2-35-27(34)24-22(36-25(31)20(14-30)23(24)17-3-6-19(28)7-4-17)15-37-26-18(13-29)5-8-21(33-26)16-9-11-32-12-10-16/h3-12,23H,2,15,31H2,1H3. The minimum Gasteiger partial charge on any atom is -0.463 e. The molecular weight excluding hydrogens is 510 g/mol. The fourth-order valence-corrected chi connectivity index (χ4v) is 4.84. The summed E-state index contributed by atoms with van der Waals surface area (Å²) in [5.41, 5.74) is 8.90. The predicted molar refractivity (Wildman–Crippen MR) is 139 cm³/mol. The van der Waals surface area contributed by atoms with Gasteiger partial charge in [0.25, 0.3) is 0 Å². The van der Waals surface area contributed by atoms with Gasteiger partial charge in [-0.3, -0.25) is 4.98 Å². The molecule has 10 heteroatoms. The van der Waals surface area contributed by atoms with E-state index in [1.807, 2.05) is 12.1 Å². The van der Waals surface area contributed by atoms with Crippen molar-refractivity contribution >= 4 is 29.3 Å². The van der Waals surface area contributed by atoms with Crippen LogP contribution in [0.1, 0.15) is 24.0 Å². The molecule has 0 bridgehead atoms. The lowest BCUT2D eigenvalue weighted by molar-refractivity contribution is -0.139. The van der Waals surface area contributed by atoms with Gasteiger partial charge in [-0.25, -0.2) is 9.78 Å². The molecule has 8 nitrogen and oxygen atoms in total. The van der Waals surface area contributed by atoms with Crippen molar-refractivity contribution in [2.45, 2.75) is 17.9 Å². The van der Waals surface area contributed by atoms with E-state index in [-0.39, 0.29) is 35.1 Å². The van der Waals surface area contributed by atoms with Gasteiger partial charge in [-0.15, -0.1) is 0 Å². The molecule has 0 amide bonds. The SMILES string of the molecule is CCOC(=O)C1=C(CSc2nc(-c3ccncc3)ccc2C#N)OC(N)=C(C#N)C1c1ccc(Cl)cc1. The first-order valence-corrected chi connectivity index (χ1v) is 12.5. The molecule has 0 fully saturated rings. The number of hydrogen-bond donors (Lipinski definition) is 1. The fourth-order valence-electron chi connectivity index (χ4n) is 3.80. The number of benzene rings is 1. The number of nitriles is 2. The highest BCUT2D eigenvalue weighted by Gasteiger charge is 2.37. The van der Waals surface area contributed by atoms with Crippen molar-refractivity contribution in [2.75, 3.05) is 12.4 Å². The summed E-state index contributed by atoms with van der Waals surface area (Å²) in [4.78, 5) is 21.8. The third-order valence-corrected chi connectivity index (χ3v) is 6.74. The number of thioether (sulfide) groups is 1. The normalized spacial score (nSPS) is 15.0. The topological polar surface area (TPSA) is 135 Å². The Bertz CT molecular complexity index is 1470. The van der Waals surface area contributed by atoms with Crippen molar-refractivity contribution in [2.24, 2.45) is 5.73 Å². The first kappa shape index (κ1) is 25.8. The number of aromatic nitrogens is 2. The Hall–Kier alpha value is -4.31. The monoisotopic (exact) mass is 529 g/mol. The maximum Gasteiger partial charge on any atom is 0.338 e. The Labute approximate surface area is 223 Å². The van der Waals surface area contributed by atoms with Crippen LogP contribution in [0.15, 0.2) is 88.7 Å². The van der Waals surface area contributed by atoms with Crippen LogP contribution in [0.4, 0.5) is 0 Å². The minimum absolute atomic E-state index is 0.0923. The van der Waals surface area contributed by atoms with Crippen LogP contribution < -0.4 is 5.73 Å². The first-order chi connectivity index (χ1) is 18.0. The Balaban J connectivity index is 1.76. The summed E-state index contributed by atoms with van der Waals surface area (Å²) in [6, 6.07) is 18.1. The molecule has 1 aliphatic heterocycles. The Morgan fingerprint density at radius 1 is 1.14 bits per heavy atom. The van der Waals surface area contributed by atoms with Crippen LogP contribution in [0.25, 0.3) is 11.3 Å². The summed E-state index contributed by atoms with van der Waals surface area (Å²) in [5, 5.41) is 20.5. The second-order valence-corrected chi connectivity index (χ2v) is 9.12. The van der Waals surface area contributed by atoms with Gasteiger partial charge in [-0.1, -0.05) is 35.5 Å². The van der Waals surface area contributed by atoms with E-state index in [0.29, 0.717) is 26.9 Å². The number of hydrogen-bond acceptors (Lipinski definition) is 9. The summed E-state index contributed by atoms with van der Waals surface area (Å²) in [5.74, 6) is -1.21. The molecule has 1 aromatic carbocycles. The highest BCUT2D eigenvalue weighted by molar-refractivity contribution is 7.99. The summed E-state index contributed by atoms with van der Waals surface area (Å²) in [6.07, 6.45) is 3.32. The molecule has 4 rings (SSSR count). The van der Waals surface area contributed by atoms with Crippen molar-refractivity contribution < 1.29 is 14.3 Å². The summed E-state index contributed by atoms with van der Waals surface area (Å²) >= 11 is 7.27. The highest BCUT2D eigenvalue weighted by Crippen LogP contribution is 2.41. The number of allylic oxidation sites excluding steroid dienone is 1. The molecule has 184 valence electrons. The van der Waals surface area contributed by atoms with E-state index in [1.165, 1.54) is 11.8 Å². The number of nitrogens with two attached hydrogens (primary N) is 1. The fraction of sp³-hybridized carbons (Fsp3) is 0.148. The number of pyridine rings is 2. The van der Waals surface area contributed by atoms with Gasteiger partial charge in [0.05, 0.1) is 35.1 Å². The van der Waals surface area contributed by atoms with Crippen LogP contribution in [0.2, 0.25) is 5.02 Å². The summed E-state index contributed by atoms with van der Waals surface area (Å²) in [7, 11) is 0. The number of carbonyl (C=O) groups excluding carboxylic acids is 1. The van der Waals surface area contributed by atoms with E-state index >= 15 is 0 Å². The largest absolute Gasteiger partial charge is 0.463 e. The van der Waals surface area contributed by atoms with Gasteiger partial charge >= 0.3 is 5.97 Å². The van der Waals surface area contributed by atoms with Crippen molar-refractivity contribution in [3.63, 3.8) is 0 Å². The van der Waals surface area contributed by atoms with E-state index in [2.05, 4.69) is 22.1 Å². The molecule has 0 saturated carbocycles. The zero-order valence-corrected chi connectivity index (χ0v) is 21.2. The van der Waals surface area contributed by atoms with Gasteiger partial charge in [0.1, 0.15) is 28.5 Å². The number of rotatable bonds is 7. The van der Waals surface area contributed by atoms with Crippen LogP contribution in [0.5, 0.6) is 0 Å². The predicted octanol–water partition coefficient (Wildman–Crippen LogP) is 5.09. The van der Waals surface area contributed by atoms with Crippen LogP contribution in [-0.2, 0) is 14.3 Å². The number of esters is 1. The number of carbonyl (C=O) groups is 1. The third kappa shape index (κ3) is 5.59. The van der Waals surface area contributed by atoms with Crippen LogP contribution in [0, 0.1) is 22.7 Å². The van der Waals surface area contributed by atoms with E-state index in [9.17, 15) is 15.3 Å². The average Bonchev–Trinajstić information content (AvgIpc) is 2.92.